The van der Waals surface area contributed by atoms with Crippen LogP contribution >= 0.6 is 11.8 Å². The molecule has 19 heavy (non-hydrogen) atoms. The van der Waals surface area contributed by atoms with Gasteiger partial charge in [-0.15, -0.1) is 10.2 Å². The Bertz CT molecular complexity index is 576. The summed E-state index contributed by atoms with van der Waals surface area (Å²) in [5, 5.41) is 9.40. The third-order valence-corrected chi connectivity index (χ3v) is 4.24. The van der Waals surface area contributed by atoms with Gasteiger partial charge < -0.3 is 10.3 Å². The maximum atomic E-state index is 5.72. The molecule has 2 N–H and O–H groups in total. The molecule has 1 saturated carbocycles. The largest absolute Gasteiger partial charge is 0.324 e. The summed E-state index contributed by atoms with van der Waals surface area (Å²) in [6.45, 7) is 2.53. The van der Waals surface area contributed by atoms with Crippen LogP contribution in [0, 0.1) is 6.92 Å². The molecule has 5 nitrogen and oxygen atoms in total. The smallest absolute Gasteiger partial charge is 0.191 e. The van der Waals surface area contributed by atoms with E-state index < -0.39 is 0 Å². The molecule has 0 aliphatic heterocycles. The van der Waals surface area contributed by atoms with Gasteiger partial charge in [-0.3, -0.25) is 4.98 Å². The minimum atomic E-state index is 0.451. The van der Waals surface area contributed by atoms with Gasteiger partial charge in [-0.1, -0.05) is 17.8 Å². The van der Waals surface area contributed by atoms with Crippen LogP contribution < -0.4 is 5.73 Å². The van der Waals surface area contributed by atoms with Crippen molar-refractivity contribution in [2.24, 2.45) is 5.73 Å². The molecular formula is C13H17N5S. The highest BCUT2D eigenvalue weighted by Gasteiger charge is 2.29. The number of nitrogens with two attached hydrogens (primary N) is 1. The third-order valence-electron chi connectivity index (χ3n) is 3.29. The summed E-state index contributed by atoms with van der Waals surface area (Å²) >= 11 is 1.69. The van der Waals surface area contributed by atoms with Crippen molar-refractivity contribution in [1.29, 1.82) is 0 Å². The maximum absolute atomic E-state index is 5.72. The van der Waals surface area contributed by atoms with Crippen LogP contribution in [0.25, 0.3) is 0 Å². The molecule has 2 aromatic rings. The molecule has 100 valence electrons. The van der Waals surface area contributed by atoms with Gasteiger partial charge in [0, 0.05) is 18.0 Å². The van der Waals surface area contributed by atoms with Crippen molar-refractivity contribution in [3.8, 4) is 0 Å². The Balaban J connectivity index is 1.77. The lowest BCUT2D eigenvalue weighted by molar-refractivity contribution is 0.626. The summed E-state index contributed by atoms with van der Waals surface area (Å²) in [5.41, 5.74) is 8.03. The van der Waals surface area contributed by atoms with Gasteiger partial charge in [0.1, 0.15) is 5.82 Å². The van der Waals surface area contributed by atoms with E-state index >= 15 is 0 Å². The minimum absolute atomic E-state index is 0.451. The Labute approximate surface area is 116 Å². The molecule has 2 heterocycles. The topological polar surface area (TPSA) is 69.6 Å². The Hall–Kier alpha value is -1.40. The van der Waals surface area contributed by atoms with Crippen LogP contribution in [0.3, 0.4) is 0 Å². The van der Waals surface area contributed by atoms with Crippen molar-refractivity contribution >= 4 is 11.8 Å². The summed E-state index contributed by atoms with van der Waals surface area (Å²) in [7, 11) is 0. The molecule has 1 fully saturated rings. The Kier molecular flexibility index (Phi) is 3.52. The van der Waals surface area contributed by atoms with Crippen molar-refractivity contribution < 1.29 is 0 Å². The quantitative estimate of drug-likeness (QED) is 0.846. The van der Waals surface area contributed by atoms with Crippen LogP contribution in [0.4, 0.5) is 0 Å². The summed E-state index contributed by atoms with van der Waals surface area (Å²) in [6, 6.07) is 4.60. The number of nitrogens with zero attached hydrogens (tertiary/aromatic N) is 4. The average molecular weight is 275 g/mol. The van der Waals surface area contributed by atoms with Gasteiger partial charge in [0.25, 0.3) is 0 Å². The van der Waals surface area contributed by atoms with Crippen LogP contribution in [0.15, 0.2) is 23.5 Å². The van der Waals surface area contributed by atoms with E-state index in [0.717, 1.165) is 22.4 Å². The fourth-order valence-corrected chi connectivity index (χ4v) is 3.11. The number of rotatable bonds is 5. The zero-order valence-electron chi connectivity index (χ0n) is 10.9. The molecule has 0 aromatic carbocycles. The highest BCUT2D eigenvalue weighted by atomic mass is 32.2. The van der Waals surface area contributed by atoms with E-state index in [4.69, 9.17) is 5.73 Å². The molecule has 1 aliphatic carbocycles. The zero-order chi connectivity index (χ0) is 13.2. The average Bonchev–Trinajstić information content (AvgIpc) is 3.18. The van der Waals surface area contributed by atoms with Crippen LogP contribution in [0.1, 0.15) is 36.0 Å². The number of aryl methyl sites for hydroxylation is 1. The normalized spacial score (nSPS) is 14.8. The first-order valence-corrected chi connectivity index (χ1v) is 7.45. The van der Waals surface area contributed by atoms with Crippen molar-refractivity contribution in [1.82, 2.24) is 19.7 Å². The first kappa shape index (κ1) is 12.6. The molecule has 3 rings (SSSR count). The van der Waals surface area contributed by atoms with E-state index in [-0.39, 0.29) is 0 Å². The zero-order valence-corrected chi connectivity index (χ0v) is 11.7. The van der Waals surface area contributed by atoms with Crippen molar-refractivity contribution in [3.05, 3.63) is 35.4 Å². The summed E-state index contributed by atoms with van der Waals surface area (Å²) in [4.78, 5) is 4.41. The second kappa shape index (κ2) is 5.30. The van der Waals surface area contributed by atoms with E-state index in [1.54, 1.807) is 11.8 Å². The van der Waals surface area contributed by atoms with Crippen molar-refractivity contribution in [2.75, 3.05) is 0 Å². The first-order chi connectivity index (χ1) is 9.29. The fraction of sp³-hybridized carbons (Fsp3) is 0.462. The lowest BCUT2D eigenvalue weighted by Crippen LogP contribution is -2.08. The molecule has 0 spiro atoms. The van der Waals surface area contributed by atoms with Gasteiger partial charge in [0.05, 0.1) is 12.2 Å². The summed E-state index contributed by atoms with van der Waals surface area (Å²) < 4.78 is 2.20. The molecule has 0 atom stereocenters. The lowest BCUT2D eigenvalue weighted by Gasteiger charge is -2.08. The van der Waals surface area contributed by atoms with Gasteiger partial charge in [0.2, 0.25) is 0 Å². The highest BCUT2D eigenvalue weighted by molar-refractivity contribution is 7.98. The molecular weight excluding hydrogens is 258 g/mol. The monoisotopic (exact) mass is 275 g/mol. The number of hydrogen-bond donors (Lipinski definition) is 1. The highest BCUT2D eigenvalue weighted by Crippen LogP contribution is 2.39. The van der Waals surface area contributed by atoms with E-state index in [1.807, 2.05) is 12.3 Å². The lowest BCUT2D eigenvalue weighted by atomic mass is 10.2. The molecule has 1 aliphatic rings. The standard InChI is InChI=1S/C13H17N5S/c1-9-3-2-6-15-11(9)8-19-13-17-16-12(7-14)18(13)10-4-5-10/h2-3,6,10H,4-5,7-8,14H2,1H3. The summed E-state index contributed by atoms with van der Waals surface area (Å²) in [5.74, 6) is 1.71. The Morgan fingerprint density at radius 2 is 2.26 bits per heavy atom. The number of aromatic nitrogens is 4. The summed E-state index contributed by atoms with van der Waals surface area (Å²) in [6.07, 6.45) is 4.25. The molecule has 0 amide bonds. The van der Waals surface area contributed by atoms with Gasteiger partial charge in [-0.25, -0.2) is 0 Å². The van der Waals surface area contributed by atoms with Crippen LogP contribution in [-0.2, 0) is 12.3 Å². The predicted octanol–water partition coefficient (Wildman–Crippen LogP) is 2.07. The van der Waals surface area contributed by atoms with Crippen LogP contribution in [-0.4, -0.2) is 19.7 Å². The molecule has 0 radical (unpaired) electrons. The van der Waals surface area contributed by atoms with E-state index in [1.165, 1.54) is 18.4 Å². The second-order valence-corrected chi connectivity index (χ2v) is 5.70. The predicted molar refractivity (Wildman–Crippen MR) is 74.7 cm³/mol. The fourth-order valence-electron chi connectivity index (χ4n) is 2.05. The van der Waals surface area contributed by atoms with Gasteiger partial charge in [-0.05, 0) is 31.4 Å². The van der Waals surface area contributed by atoms with Crippen LogP contribution in [0.5, 0.6) is 0 Å². The van der Waals surface area contributed by atoms with Crippen molar-refractivity contribution in [3.63, 3.8) is 0 Å². The molecule has 0 bridgehead atoms. The van der Waals surface area contributed by atoms with E-state index in [9.17, 15) is 0 Å². The van der Waals surface area contributed by atoms with Gasteiger partial charge in [0.15, 0.2) is 5.16 Å². The van der Waals surface area contributed by atoms with Crippen molar-refractivity contribution in [2.45, 2.75) is 43.3 Å². The molecule has 0 unspecified atom stereocenters. The van der Waals surface area contributed by atoms with Gasteiger partial charge in [-0.2, -0.15) is 0 Å². The third kappa shape index (κ3) is 2.64. The van der Waals surface area contributed by atoms with Crippen LogP contribution in [0.2, 0.25) is 0 Å². The molecule has 2 aromatic heterocycles. The minimum Gasteiger partial charge on any atom is -0.324 e. The van der Waals surface area contributed by atoms with E-state index in [0.29, 0.717) is 12.6 Å². The second-order valence-electron chi connectivity index (χ2n) is 4.76. The maximum Gasteiger partial charge on any atom is 0.191 e. The Morgan fingerprint density at radius 1 is 1.42 bits per heavy atom. The number of thioether (sulfide) groups is 1. The Morgan fingerprint density at radius 3 is 2.95 bits per heavy atom. The molecule has 0 saturated heterocycles. The van der Waals surface area contributed by atoms with E-state index in [2.05, 4.69) is 32.7 Å². The number of pyridine rings is 1. The first-order valence-electron chi connectivity index (χ1n) is 6.46. The molecule has 6 heteroatoms. The SMILES string of the molecule is Cc1cccnc1CSc1nnc(CN)n1C1CC1. The number of hydrogen-bond acceptors (Lipinski definition) is 5. The van der Waals surface area contributed by atoms with Gasteiger partial charge >= 0.3 is 0 Å².